The molecule has 7 heteroatoms. The van der Waals surface area contributed by atoms with Crippen molar-refractivity contribution in [2.24, 2.45) is 0 Å². The van der Waals surface area contributed by atoms with Gasteiger partial charge in [-0.2, -0.15) is 0 Å². The van der Waals surface area contributed by atoms with Crippen molar-refractivity contribution in [2.75, 3.05) is 44.7 Å². The van der Waals surface area contributed by atoms with E-state index < -0.39 is 0 Å². The normalized spacial score (nSPS) is 26.2. The van der Waals surface area contributed by atoms with Crippen molar-refractivity contribution in [3.05, 3.63) is 23.2 Å². The highest BCUT2D eigenvalue weighted by molar-refractivity contribution is 7.18. The Morgan fingerprint density at radius 3 is 2.68 bits per heavy atom. The summed E-state index contributed by atoms with van der Waals surface area (Å²) in [6.07, 6.45) is 6.62. The molecule has 0 bridgehead atoms. The van der Waals surface area contributed by atoms with Crippen molar-refractivity contribution >= 4 is 33.3 Å². The molecule has 0 unspecified atom stereocenters. The second-order valence-corrected chi connectivity index (χ2v) is 9.25. The van der Waals surface area contributed by atoms with Crippen LogP contribution in [-0.4, -0.2) is 66.2 Å². The number of amides is 2. The van der Waals surface area contributed by atoms with Crippen LogP contribution in [0.4, 0.5) is 10.5 Å². The number of hydrogen-bond acceptors (Lipinski definition) is 5. The first kappa shape index (κ1) is 18.3. The predicted molar refractivity (Wildman–Crippen MR) is 112 cm³/mol. The van der Waals surface area contributed by atoms with Crippen LogP contribution >= 0.6 is 11.3 Å². The van der Waals surface area contributed by atoms with Crippen molar-refractivity contribution in [2.45, 2.75) is 44.1 Å². The van der Waals surface area contributed by atoms with E-state index in [0.717, 1.165) is 21.9 Å². The number of benzene rings is 1. The van der Waals surface area contributed by atoms with E-state index in [-0.39, 0.29) is 6.03 Å². The fourth-order valence-corrected chi connectivity index (χ4v) is 5.67. The van der Waals surface area contributed by atoms with Crippen LogP contribution in [0.3, 0.4) is 0 Å². The lowest BCUT2D eigenvalue weighted by Gasteiger charge is -2.43. The molecule has 3 heterocycles. The number of morpholine rings is 1. The van der Waals surface area contributed by atoms with Crippen LogP contribution in [0.2, 0.25) is 0 Å². The first-order valence-electron chi connectivity index (χ1n) is 10.5. The number of anilines is 1. The van der Waals surface area contributed by atoms with Crippen molar-refractivity contribution in [1.29, 1.82) is 0 Å². The van der Waals surface area contributed by atoms with Gasteiger partial charge in [-0.25, -0.2) is 9.78 Å². The SMILES string of the molecule is O=C(Nc1ccc2nc([C@H]3C[C@H](N4CCCCC4)C3)sc2c1)N1CCOCC1. The number of aromatic nitrogens is 1. The van der Waals surface area contributed by atoms with Gasteiger partial charge in [0.2, 0.25) is 0 Å². The molecular weight excluding hydrogens is 372 g/mol. The molecule has 1 saturated carbocycles. The summed E-state index contributed by atoms with van der Waals surface area (Å²) in [5.74, 6) is 0.607. The molecule has 28 heavy (non-hydrogen) atoms. The van der Waals surface area contributed by atoms with Crippen LogP contribution in [0.15, 0.2) is 18.2 Å². The van der Waals surface area contributed by atoms with E-state index in [1.54, 1.807) is 16.2 Å². The van der Waals surface area contributed by atoms with E-state index >= 15 is 0 Å². The van der Waals surface area contributed by atoms with E-state index in [4.69, 9.17) is 9.72 Å². The third-order valence-corrected chi connectivity index (χ3v) is 7.50. The Kier molecular flexibility index (Phi) is 5.22. The zero-order valence-electron chi connectivity index (χ0n) is 16.2. The second-order valence-electron chi connectivity index (χ2n) is 8.18. The maximum atomic E-state index is 12.4. The molecule has 1 aromatic heterocycles. The number of nitrogens with zero attached hydrogens (tertiary/aromatic N) is 3. The maximum Gasteiger partial charge on any atom is 0.322 e. The number of carbonyl (C=O) groups excluding carboxylic acids is 1. The fourth-order valence-electron chi connectivity index (χ4n) is 4.53. The molecule has 1 aliphatic carbocycles. The molecule has 6 nitrogen and oxygen atoms in total. The Balaban J connectivity index is 1.22. The average Bonchev–Trinajstić information content (AvgIpc) is 3.11. The van der Waals surface area contributed by atoms with Gasteiger partial charge in [-0.15, -0.1) is 11.3 Å². The van der Waals surface area contributed by atoms with Crippen LogP contribution in [0, 0.1) is 0 Å². The molecule has 0 atom stereocenters. The summed E-state index contributed by atoms with van der Waals surface area (Å²) < 4.78 is 6.48. The molecule has 2 aliphatic heterocycles. The smallest absolute Gasteiger partial charge is 0.322 e. The summed E-state index contributed by atoms with van der Waals surface area (Å²) >= 11 is 1.79. The third kappa shape index (κ3) is 3.75. The van der Waals surface area contributed by atoms with Gasteiger partial charge in [-0.3, -0.25) is 0 Å². The second kappa shape index (κ2) is 7.97. The Bertz CT molecular complexity index is 836. The molecular formula is C21H28N4O2S. The van der Waals surface area contributed by atoms with Crippen LogP contribution in [0.5, 0.6) is 0 Å². The molecule has 2 aromatic rings. The Labute approximate surface area is 169 Å². The minimum absolute atomic E-state index is 0.0456. The van der Waals surface area contributed by atoms with Gasteiger partial charge in [0.1, 0.15) is 0 Å². The minimum Gasteiger partial charge on any atom is -0.378 e. The van der Waals surface area contributed by atoms with Crippen LogP contribution in [0.25, 0.3) is 10.2 Å². The van der Waals surface area contributed by atoms with E-state index in [1.807, 2.05) is 12.1 Å². The van der Waals surface area contributed by atoms with Gasteiger partial charge in [0.05, 0.1) is 28.4 Å². The molecule has 2 amide bonds. The van der Waals surface area contributed by atoms with Crippen LogP contribution in [0.1, 0.15) is 43.0 Å². The van der Waals surface area contributed by atoms with Crippen molar-refractivity contribution < 1.29 is 9.53 Å². The number of nitrogens with one attached hydrogen (secondary N) is 1. The minimum atomic E-state index is -0.0456. The molecule has 5 rings (SSSR count). The highest BCUT2D eigenvalue weighted by Crippen LogP contribution is 2.43. The zero-order chi connectivity index (χ0) is 18.9. The highest BCUT2D eigenvalue weighted by atomic mass is 32.1. The monoisotopic (exact) mass is 400 g/mol. The summed E-state index contributed by atoms with van der Waals surface area (Å²) in [4.78, 5) is 21.8. The molecule has 3 aliphatic rings. The van der Waals surface area contributed by atoms with E-state index in [9.17, 15) is 4.79 Å². The number of fused-ring (bicyclic) bond motifs is 1. The standard InChI is InChI=1S/C21H28N4O2S/c26-21(25-8-10-27-11-9-25)22-16-4-5-18-19(14-16)28-20(23-18)15-12-17(13-15)24-6-2-1-3-7-24/h4-5,14-15,17H,1-3,6-13H2,(H,22,26)/t15-,17-. The molecule has 2 saturated heterocycles. The largest absolute Gasteiger partial charge is 0.378 e. The summed E-state index contributed by atoms with van der Waals surface area (Å²) in [6, 6.07) is 6.78. The molecule has 150 valence electrons. The Morgan fingerprint density at radius 2 is 1.89 bits per heavy atom. The number of piperidine rings is 1. The van der Waals surface area contributed by atoms with Crippen molar-refractivity contribution in [3.63, 3.8) is 0 Å². The van der Waals surface area contributed by atoms with E-state index in [1.165, 1.54) is 50.2 Å². The first-order chi connectivity index (χ1) is 13.8. The number of ether oxygens (including phenoxy) is 1. The molecule has 0 radical (unpaired) electrons. The Hall–Kier alpha value is -1.70. The van der Waals surface area contributed by atoms with Gasteiger partial charge in [0, 0.05) is 30.7 Å². The molecule has 3 fully saturated rings. The molecule has 1 N–H and O–H groups in total. The highest BCUT2D eigenvalue weighted by Gasteiger charge is 2.36. The summed E-state index contributed by atoms with van der Waals surface area (Å²) in [5, 5.41) is 4.29. The number of likely N-dealkylation sites (tertiary alicyclic amines) is 1. The van der Waals surface area contributed by atoms with Gasteiger partial charge < -0.3 is 19.9 Å². The van der Waals surface area contributed by atoms with Gasteiger partial charge in [0.15, 0.2) is 0 Å². The fraction of sp³-hybridized carbons (Fsp3) is 0.619. The van der Waals surface area contributed by atoms with Crippen molar-refractivity contribution in [3.8, 4) is 0 Å². The van der Waals surface area contributed by atoms with Crippen LogP contribution in [-0.2, 0) is 4.74 Å². The van der Waals surface area contributed by atoms with Crippen LogP contribution < -0.4 is 5.32 Å². The van der Waals surface area contributed by atoms with Crippen molar-refractivity contribution in [1.82, 2.24) is 14.8 Å². The first-order valence-corrected chi connectivity index (χ1v) is 11.4. The lowest BCUT2D eigenvalue weighted by Crippen LogP contribution is -2.46. The van der Waals surface area contributed by atoms with Gasteiger partial charge in [-0.1, -0.05) is 6.42 Å². The number of carbonyl (C=O) groups is 1. The van der Waals surface area contributed by atoms with Gasteiger partial charge >= 0.3 is 6.03 Å². The topological polar surface area (TPSA) is 57.7 Å². The lowest BCUT2D eigenvalue weighted by atomic mass is 9.79. The number of thiazole rings is 1. The number of urea groups is 1. The average molecular weight is 401 g/mol. The molecule has 1 aromatic carbocycles. The Morgan fingerprint density at radius 1 is 1.11 bits per heavy atom. The quantitative estimate of drug-likeness (QED) is 0.849. The third-order valence-electron chi connectivity index (χ3n) is 6.32. The summed E-state index contributed by atoms with van der Waals surface area (Å²) in [7, 11) is 0. The summed E-state index contributed by atoms with van der Waals surface area (Å²) in [5.41, 5.74) is 1.89. The number of hydrogen-bond donors (Lipinski definition) is 1. The zero-order valence-corrected chi connectivity index (χ0v) is 17.0. The number of rotatable bonds is 3. The maximum absolute atomic E-state index is 12.4. The van der Waals surface area contributed by atoms with Gasteiger partial charge in [0.25, 0.3) is 0 Å². The predicted octanol–water partition coefficient (Wildman–Crippen LogP) is 3.89. The molecule has 0 spiro atoms. The summed E-state index contributed by atoms with van der Waals surface area (Å²) in [6.45, 7) is 5.10. The van der Waals surface area contributed by atoms with E-state index in [0.29, 0.717) is 32.2 Å². The van der Waals surface area contributed by atoms with Gasteiger partial charge in [-0.05, 0) is 57.0 Å². The lowest BCUT2D eigenvalue weighted by molar-refractivity contribution is 0.0564. The van der Waals surface area contributed by atoms with E-state index in [2.05, 4.69) is 16.3 Å².